The molecule has 1 amide bonds. The van der Waals surface area contributed by atoms with E-state index in [1.54, 1.807) is 13.3 Å². The molecule has 0 bridgehead atoms. The van der Waals surface area contributed by atoms with Crippen molar-refractivity contribution in [2.24, 2.45) is 4.99 Å². The van der Waals surface area contributed by atoms with Gasteiger partial charge in [0.1, 0.15) is 5.75 Å². The Kier molecular flexibility index (Phi) is 5.70. The van der Waals surface area contributed by atoms with Crippen LogP contribution >= 0.6 is 18.9 Å². The zero-order chi connectivity index (χ0) is 17.9. The standard InChI is InChI=1S/C18H23N2O3PS/c1-24(2,22)12-11-23-15-8-4-3-7-14(15)13-16-17(21)19-18(25-16)20-9-5-6-10-20/h3-4,7-8,13H,5-6,9-12H2,1-2H3/b16-13-. The second-order valence-electron chi connectivity index (χ2n) is 6.69. The molecule has 25 heavy (non-hydrogen) atoms. The smallest absolute Gasteiger partial charge is 0.286 e. The van der Waals surface area contributed by atoms with Gasteiger partial charge in [-0.05, 0) is 50.1 Å². The number of hydrogen-bond donors (Lipinski definition) is 0. The number of carbonyl (C=O) groups excluding carboxylic acids is 1. The highest BCUT2D eigenvalue weighted by molar-refractivity contribution is 8.18. The molecule has 2 heterocycles. The van der Waals surface area contributed by atoms with Crippen molar-refractivity contribution in [1.82, 2.24) is 4.90 Å². The lowest BCUT2D eigenvalue weighted by Crippen LogP contribution is -2.23. The largest absolute Gasteiger partial charge is 0.492 e. The summed E-state index contributed by atoms with van der Waals surface area (Å²) in [4.78, 5) is 19.2. The molecule has 7 heteroatoms. The number of thioether (sulfide) groups is 1. The minimum Gasteiger partial charge on any atom is -0.492 e. The molecule has 5 nitrogen and oxygen atoms in total. The van der Waals surface area contributed by atoms with Crippen LogP contribution in [0.5, 0.6) is 5.75 Å². The lowest BCUT2D eigenvalue weighted by Gasteiger charge is -2.14. The normalized spacial score (nSPS) is 19.6. The number of aliphatic imine (C=N–C) groups is 1. The molecule has 0 aromatic heterocycles. The molecule has 0 aliphatic carbocycles. The fraction of sp³-hybridized carbons (Fsp3) is 0.444. The summed E-state index contributed by atoms with van der Waals surface area (Å²) >= 11 is 1.44. The van der Waals surface area contributed by atoms with Crippen LogP contribution in [0.4, 0.5) is 0 Å². The Morgan fingerprint density at radius 2 is 2.00 bits per heavy atom. The first-order chi connectivity index (χ1) is 11.9. The van der Waals surface area contributed by atoms with Gasteiger partial charge in [0.25, 0.3) is 5.91 Å². The van der Waals surface area contributed by atoms with Crippen molar-refractivity contribution in [2.45, 2.75) is 12.8 Å². The van der Waals surface area contributed by atoms with Gasteiger partial charge in [0.2, 0.25) is 0 Å². The van der Waals surface area contributed by atoms with E-state index in [1.807, 2.05) is 30.3 Å². The third-order valence-corrected chi connectivity index (χ3v) is 6.38. The van der Waals surface area contributed by atoms with Crippen LogP contribution in [0.15, 0.2) is 34.2 Å². The maximum atomic E-state index is 12.2. The number of amides is 1. The molecule has 2 aliphatic rings. The summed E-state index contributed by atoms with van der Waals surface area (Å²) in [6.45, 7) is 5.87. The topological polar surface area (TPSA) is 59.0 Å². The first kappa shape index (κ1) is 18.3. The summed E-state index contributed by atoms with van der Waals surface area (Å²) in [5, 5.41) is 0.810. The monoisotopic (exact) mass is 378 g/mol. The number of carbonyl (C=O) groups is 1. The van der Waals surface area contributed by atoms with Gasteiger partial charge in [-0.3, -0.25) is 4.79 Å². The molecule has 1 aromatic carbocycles. The maximum absolute atomic E-state index is 12.2. The van der Waals surface area contributed by atoms with E-state index in [-0.39, 0.29) is 5.91 Å². The van der Waals surface area contributed by atoms with E-state index in [1.165, 1.54) is 11.8 Å². The Bertz CT molecular complexity index is 763. The first-order valence-electron chi connectivity index (χ1n) is 8.46. The van der Waals surface area contributed by atoms with Crippen LogP contribution in [0.3, 0.4) is 0 Å². The molecule has 0 atom stereocenters. The molecular weight excluding hydrogens is 355 g/mol. The maximum Gasteiger partial charge on any atom is 0.286 e. The van der Waals surface area contributed by atoms with E-state index in [4.69, 9.17) is 4.74 Å². The minimum absolute atomic E-state index is 0.187. The average Bonchev–Trinajstić information content (AvgIpc) is 3.18. The number of hydrogen-bond acceptors (Lipinski definition) is 5. The third-order valence-electron chi connectivity index (χ3n) is 4.08. The molecule has 0 saturated carbocycles. The van der Waals surface area contributed by atoms with Crippen LogP contribution in [0.1, 0.15) is 18.4 Å². The number of amidine groups is 1. The molecule has 1 aromatic rings. The van der Waals surface area contributed by atoms with Gasteiger partial charge < -0.3 is 14.2 Å². The zero-order valence-electron chi connectivity index (χ0n) is 14.6. The van der Waals surface area contributed by atoms with Crippen molar-refractivity contribution in [3.8, 4) is 5.75 Å². The van der Waals surface area contributed by atoms with Gasteiger partial charge in [0.05, 0.1) is 18.7 Å². The van der Waals surface area contributed by atoms with Crippen LogP contribution in [0, 0.1) is 0 Å². The Labute approximate surface area is 152 Å². The number of rotatable bonds is 5. The molecule has 0 radical (unpaired) electrons. The fourth-order valence-corrected chi connectivity index (χ4v) is 4.18. The molecule has 2 aliphatic heterocycles. The predicted molar refractivity (Wildman–Crippen MR) is 105 cm³/mol. The first-order valence-corrected chi connectivity index (χ1v) is 12.1. The van der Waals surface area contributed by atoms with E-state index in [2.05, 4.69) is 9.89 Å². The Hall–Kier alpha value is -1.52. The molecular formula is C18H23N2O3PS. The van der Waals surface area contributed by atoms with Crippen LogP contribution in [-0.2, 0) is 9.36 Å². The van der Waals surface area contributed by atoms with Gasteiger partial charge in [0.15, 0.2) is 5.17 Å². The quantitative estimate of drug-likeness (QED) is 0.577. The predicted octanol–water partition coefficient (Wildman–Crippen LogP) is 3.75. The molecule has 134 valence electrons. The molecule has 1 fully saturated rings. The van der Waals surface area contributed by atoms with Crippen molar-refractivity contribution in [3.05, 3.63) is 34.7 Å². The highest BCUT2D eigenvalue weighted by atomic mass is 32.2. The number of para-hydroxylation sites is 1. The van der Waals surface area contributed by atoms with Crippen LogP contribution in [0.25, 0.3) is 6.08 Å². The van der Waals surface area contributed by atoms with E-state index in [9.17, 15) is 9.36 Å². The number of ether oxygens (including phenoxy) is 1. The fourth-order valence-electron chi connectivity index (χ4n) is 2.69. The van der Waals surface area contributed by atoms with Gasteiger partial charge in [-0.25, -0.2) is 0 Å². The number of nitrogens with zero attached hydrogens (tertiary/aromatic N) is 2. The second kappa shape index (κ2) is 7.79. The Morgan fingerprint density at radius 1 is 1.28 bits per heavy atom. The SMILES string of the molecule is CP(C)(=O)CCOc1ccccc1/C=C1\SC(N2CCCC2)=NC1=O. The summed E-state index contributed by atoms with van der Waals surface area (Å²) in [5.41, 5.74) is 0.846. The van der Waals surface area contributed by atoms with Crippen molar-refractivity contribution in [2.75, 3.05) is 39.2 Å². The van der Waals surface area contributed by atoms with Crippen molar-refractivity contribution >= 4 is 36.1 Å². The van der Waals surface area contributed by atoms with Crippen molar-refractivity contribution < 1.29 is 14.1 Å². The van der Waals surface area contributed by atoms with Gasteiger partial charge in [-0.15, -0.1) is 0 Å². The van der Waals surface area contributed by atoms with Gasteiger partial charge in [-0.1, -0.05) is 18.2 Å². The van der Waals surface area contributed by atoms with Crippen molar-refractivity contribution in [3.63, 3.8) is 0 Å². The summed E-state index contributed by atoms with van der Waals surface area (Å²) in [5.74, 6) is 0.514. The average molecular weight is 378 g/mol. The molecule has 3 rings (SSSR count). The highest BCUT2D eigenvalue weighted by Crippen LogP contribution is 2.36. The molecule has 0 unspecified atom stereocenters. The van der Waals surface area contributed by atoms with Gasteiger partial charge >= 0.3 is 0 Å². The highest BCUT2D eigenvalue weighted by Gasteiger charge is 2.27. The van der Waals surface area contributed by atoms with E-state index < -0.39 is 7.14 Å². The van der Waals surface area contributed by atoms with Crippen LogP contribution in [-0.4, -0.2) is 55.2 Å². The number of benzene rings is 1. The van der Waals surface area contributed by atoms with Crippen LogP contribution < -0.4 is 4.74 Å². The zero-order valence-corrected chi connectivity index (χ0v) is 16.3. The summed E-state index contributed by atoms with van der Waals surface area (Å²) in [6.07, 6.45) is 4.69. The minimum atomic E-state index is -2.10. The lowest BCUT2D eigenvalue weighted by atomic mass is 10.2. The van der Waals surface area contributed by atoms with E-state index in [0.29, 0.717) is 23.4 Å². The van der Waals surface area contributed by atoms with E-state index in [0.717, 1.165) is 36.7 Å². The summed E-state index contributed by atoms with van der Waals surface area (Å²) in [6, 6.07) is 7.59. The van der Waals surface area contributed by atoms with E-state index >= 15 is 0 Å². The summed E-state index contributed by atoms with van der Waals surface area (Å²) in [7, 11) is -2.10. The summed E-state index contributed by atoms with van der Waals surface area (Å²) < 4.78 is 17.6. The molecule has 0 N–H and O–H groups in total. The lowest BCUT2D eigenvalue weighted by molar-refractivity contribution is -0.113. The van der Waals surface area contributed by atoms with Gasteiger partial charge in [0, 0.05) is 24.8 Å². The molecule has 1 saturated heterocycles. The number of likely N-dealkylation sites (tertiary alicyclic amines) is 1. The second-order valence-corrected chi connectivity index (χ2v) is 11.3. The Morgan fingerprint density at radius 3 is 2.72 bits per heavy atom. The molecule has 0 spiro atoms. The third kappa shape index (κ3) is 4.99. The van der Waals surface area contributed by atoms with Gasteiger partial charge in [-0.2, -0.15) is 4.99 Å². The Balaban J connectivity index is 1.71. The van der Waals surface area contributed by atoms with Crippen molar-refractivity contribution in [1.29, 1.82) is 0 Å². The van der Waals surface area contributed by atoms with Crippen LogP contribution in [0.2, 0.25) is 0 Å².